The van der Waals surface area contributed by atoms with Crippen LogP contribution in [0.2, 0.25) is 0 Å². The van der Waals surface area contributed by atoms with Gasteiger partial charge >= 0.3 is 0 Å². The summed E-state index contributed by atoms with van der Waals surface area (Å²) >= 11 is 0. The Morgan fingerprint density at radius 3 is 2.22 bits per heavy atom. The minimum Gasteiger partial charge on any atom is -0.376 e. The second-order valence-electron chi connectivity index (χ2n) is 8.99. The molecule has 1 amide bonds. The fourth-order valence-electron chi connectivity index (χ4n) is 4.95. The van der Waals surface area contributed by atoms with Gasteiger partial charge in [0.15, 0.2) is 0 Å². The van der Waals surface area contributed by atoms with Crippen LogP contribution in [0.3, 0.4) is 0 Å². The molecule has 0 radical (unpaired) electrons. The number of carbonyl (C=O) groups excluding carboxylic acids is 1. The lowest BCUT2D eigenvalue weighted by atomic mass is 9.83. The summed E-state index contributed by atoms with van der Waals surface area (Å²) < 4.78 is 32.7. The number of benzene rings is 2. The Kier molecular flexibility index (Phi) is 7.28. The second kappa shape index (κ2) is 10.1. The van der Waals surface area contributed by atoms with Crippen molar-refractivity contribution in [2.24, 2.45) is 0 Å². The molecular weight excluding hydrogens is 424 g/mol. The van der Waals surface area contributed by atoms with Crippen molar-refractivity contribution in [3.63, 3.8) is 0 Å². The van der Waals surface area contributed by atoms with Gasteiger partial charge in [-0.05, 0) is 42.7 Å². The molecule has 1 aliphatic carbocycles. The van der Waals surface area contributed by atoms with E-state index in [-0.39, 0.29) is 24.5 Å². The van der Waals surface area contributed by atoms with Crippen LogP contribution in [0.4, 0.5) is 0 Å². The molecule has 2 atom stereocenters. The molecule has 2 aromatic carbocycles. The molecule has 172 valence electrons. The monoisotopic (exact) mass is 456 g/mol. The summed E-state index contributed by atoms with van der Waals surface area (Å²) in [5.74, 6) is 0.523. The Bertz CT molecular complexity index is 989. The third-order valence-corrected chi connectivity index (χ3v) is 7.32. The van der Waals surface area contributed by atoms with E-state index in [0.29, 0.717) is 19.1 Å². The fraction of sp³-hybridized carbons (Fsp3) is 0.480. The first-order chi connectivity index (χ1) is 15.4. The number of sulfonamides is 1. The zero-order chi connectivity index (χ0) is 22.6. The van der Waals surface area contributed by atoms with Gasteiger partial charge in [-0.3, -0.25) is 4.79 Å². The lowest BCUT2D eigenvalue weighted by molar-refractivity contribution is -0.130. The first kappa shape index (κ1) is 23.0. The van der Waals surface area contributed by atoms with E-state index in [0.717, 1.165) is 37.5 Å². The molecule has 1 aliphatic heterocycles. The molecule has 6 nitrogen and oxygen atoms in total. The molecule has 2 unspecified atom stereocenters. The standard InChI is InChI=1S/C25H32N2O4S/c1-32(29,30)26-23-16-25(28)27(17-19-8-4-2-5-9-19)24(23)18-31-22-14-12-21(13-15-22)20-10-6-3-7-11-20/h2-11,21-24,26H,12-18H2,1H3. The first-order valence-corrected chi connectivity index (χ1v) is 13.3. The van der Waals surface area contributed by atoms with E-state index >= 15 is 0 Å². The van der Waals surface area contributed by atoms with Crippen molar-refractivity contribution < 1.29 is 17.9 Å². The summed E-state index contributed by atoms with van der Waals surface area (Å²) in [6, 6.07) is 19.6. The summed E-state index contributed by atoms with van der Waals surface area (Å²) in [7, 11) is -3.43. The van der Waals surface area contributed by atoms with Crippen molar-refractivity contribution in [2.75, 3.05) is 12.9 Å². The number of amides is 1. The number of likely N-dealkylation sites (tertiary alicyclic amines) is 1. The predicted molar refractivity (Wildman–Crippen MR) is 125 cm³/mol. The van der Waals surface area contributed by atoms with Gasteiger partial charge in [-0.1, -0.05) is 60.7 Å². The topological polar surface area (TPSA) is 75.7 Å². The Morgan fingerprint density at radius 1 is 0.969 bits per heavy atom. The van der Waals surface area contributed by atoms with Crippen LogP contribution in [-0.4, -0.2) is 50.3 Å². The Morgan fingerprint density at radius 2 is 1.59 bits per heavy atom. The van der Waals surface area contributed by atoms with E-state index in [1.807, 2.05) is 36.4 Å². The van der Waals surface area contributed by atoms with Crippen molar-refractivity contribution in [3.05, 3.63) is 71.8 Å². The van der Waals surface area contributed by atoms with Crippen LogP contribution in [0.15, 0.2) is 60.7 Å². The lowest BCUT2D eigenvalue weighted by Gasteiger charge is -2.33. The minimum absolute atomic E-state index is 0.0450. The first-order valence-electron chi connectivity index (χ1n) is 11.4. The number of ether oxygens (including phenoxy) is 1. The van der Waals surface area contributed by atoms with E-state index < -0.39 is 16.1 Å². The molecular formula is C25H32N2O4S. The summed E-state index contributed by atoms with van der Waals surface area (Å²) in [5, 5.41) is 0. The smallest absolute Gasteiger partial charge is 0.224 e. The Labute approximate surface area is 191 Å². The SMILES string of the molecule is CS(=O)(=O)NC1CC(=O)N(Cc2ccccc2)C1COC1CCC(c2ccccc2)CC1. The van der Waals surface area contributed by atoms with Crippen LogP contribution in [0.25, 0.3) is 0 Å². The maximum atomic E-state index is 12.8. The average molecular weight is 457 g/mol. The van der Waals surface area contributed by atoms with Crippen LogP contribution in [0, 0.1) is 0 Å². The molecule has 1 saturated carbocycles. The van der Waals surface area contributed by atoms with Crippen molar-refractivity contribution in [3.8, 4) is 0 Å². The highest BCUT2D eigenvalue weighted by atomic mass is 32.2. The largest absolute Gasteiger partial charge is 0.376 e. The predicted octanol–water partition coefficient (Wildman–Crippen LogP) is 3.45. The Hall–Kier alpha value is -2.22. The van der Waals surface area contributed by atoms with Crippen LogP contribution in [-0.2, 0) is 26.1 Å². The molecule has 32 heavy (non-hydrogen) atoms. The highest BCUT2D eigenvalue weighted by molar-refractivity contribution is 7.88. The minimum atomic E-state index is -3.43. The molecule has 7 heteroatoms. The van der Waals surface area contributed by atoms with Gasteiger partial charge in [-0.2, -0.15) is 0 Å². The molecule has 1 heterocycles. The summed E-state index contributed by atoms with van der Waals surface area (Å²) in [4.78, 5) is 14.5. The molecule has 1 N–H and O–H groups in total. The molecule has 4 rings (SSSR count). The zero-order valence-corrected chi connectivity index (χ0v) is 19.3. The highest BCUT2D eigenvalue weighted by Gasteiger charge is 2.41. The van der Waals surface area contributed by atoms with E-state index in [2.05, 4.69) is 29.0 Å². The number of hydrogen-bond donors (Lipinski definition) is 1. The normalized spacial score (nSPS) is 26.4. The van der Waals surface area contributed by atoms with Gasteiger partial charge in [0.2, 0.25) is 15.9 Å². The van der Waals surface area contributed by atoms with Crippen molar-refractivity contribution in [1.82, 2.24) is 9.62 Å². The van der Waals surface area contributed by atoms with Crippen molar-refractivity contribution in [2.45, 2.75) is 62.8 Å². The summed E-state index contributed by atoms with van der Waals surface area (Å²) in [6.45, 7) is 0.794. The second-order valence-corrected chi connectivity index (χ2v) is 10.8. The van der Waals surface area contributed by atoms with E-state index in [4.69, 9.17) is 4.74 Å². The summed E-state index contributed by atoms with van der Waals surface area (Å²) in [5.41, 5.74) is 2.41. The molecule has 0 aromatic heterocycles. The fourth-order valence-corrected chi connectivity index (χ4v) is 5.74. The van der Waals surface area contributed by atoms with Gasteiger partial charge in [0, 0.05) is 13.0 Å². The number of carbonyl (C=O) groups is 1. The number of hydrogen-bond acceptors (Lipinski definition) is 4. The van der Waals surface area contributed by atoms with Gasteiger partial charge in [0.05, 0.1) is 31.1 Å². The van der Waals surface area contributed by atoms with Crippen LogP contribution in [0.1, 0.15) is 49.1 Å². The van der Waals surface area contributed by atoms with Crippen molar-refractivity contribution >= 4 is 15.9 Å². The van der Waals surface area contributed by atoms with E-state index in [9.17, 15) is 13.2 Å². The summed E-state index contributed by atoms with van der Waals surface area (Å²) in [6.07, 6.45) is 5.55. The van der Waals surface area contributed by atoms with E-state index in [1.54, 1.807) is 4.90 Å². The molecule has 0 spiro atoms. The van der Waals surface area contributed by atoms with Crippen molar-refractivity contribution in [1.29, 1.82) is 0 Å². The lowest BCUT2D eigenvalue weighted by Crippen LogP contribution is -2.47. The quantitative estimate of drug-likeness (QED) is 0.660. The van der Waals surface area contributed by atoms with Gasteiger partial charge < -0.3 is 9.64 Å². The van der Waals surface area contributed by atoms with E-state index in [1.165, 1.54) is 5.56 Å². The third kappa shape index (κ3) is 5.97. The maximum Gasteiger partial charge on any atom is 0.224 e. The molecule has 2 fully saturated rings. The van der Waals surface area contributed by atoms with Gasteiger partial charge in [0.1, 0.15) is 0 Å². The number of rotatable bonds is 8. The molecule has 2 aliphatic rings. The van der Waals surface area contributed by atoms with Crippen LogP contribution >= 0.6 is 0 Å². The molecule has 0 bridgehead atoms. The van der Waals surface area contributed by atoms with Gasteiger partial charge in [-0.15, -0.1) is 0 Å². The average Bonchev–Trinajstić information content (AvgIpc) is 3.06. The molecule has 2 aromatic rings. The third-order valence-electron chi connectivity index (χ3n) is 6.59. The van der Waals surface area contributed by atoms with Crippen LogP contribution in [0.5, 0.6) is 0 Å². The number of nitrogens with one attached hydrogen (secondary N) is 1. The zero-order valence-electron chi connectivity index (χ0n) is 18.5. The van der Waals surface area contributed by atoms with Crippen LogP contribution < -0.4 is 4.72 Å². The number of nitrogens with zero attached hydrogens (tertiary/aromatic N) is 1. The highest BCUT2D eigenvalue weighted by Crippen LogP contribution is 2.34. The molecule has 1 saturated heterocycles. The maximum absolute atomic E-state index is 12.8. The van der Waals surface area contributed by atoms with Gasteiger partial charge in [-0.25, -0.2) is 13.1 Å². The Balaban J connectivity index is 1.39. The van der Waals surface area contributed by atoms with Gasteiger partial charge in [0.25, 0.3) is 0 Å².